The van der Waals surface area contributed by atoms with E-state index < -0.39 is 13.0 Å². The summed E-state index contributed by atoms with van der Waals surface area (Å²) in [7, 11) is 1.61. The number of hydrogen-bond donors (Lipinski definition) is 0. The predicted molar refractivity (Wildman–Crippen MR) is 104 cm³/mol. The van der Waals surface area contributed by atoms with E-state index in [1.165, 1.54) is 10.9 Å². The molecule has 2 fully saturated rings. The first kappa shape index (κ1) is 18.0. The fourth-order valence-corrected chi connectivity index (χ4v) is 4.30. The Balaban J connectivity index is 1.30. The minimum Gasteiger partial charge on any atom is -0.481 e. The van der Waals surface area contributed by atoms with E-state index in [1.807, 2.05) is 12.1 Å². The Kier molecular flexibility index (Phi) is 4.21. The summed E-state index contributed by atoms with van der Waals surface area (Å²) in [4.78, 5) is 17.6. The Morgan fingerprint density at radius 3 is 2.79 bits per heavy atom. The first-order chi connectivity index (χ1) is 14.0. The molecule has 3 aromatic rings. The van der Waals surface area contributed by atoms with Gasteiger partial charge in [0, 0.05) is 49.5 Å². The van der Waals surface area contributed by atoms with Crippen molar-refractivity contribution in [2.24, 2.45) is 5.41 Å². The predicted octanol–water partition coefficient (Wildman–Crippen LogP) is 2.21. The van der Waals surface area contributed by atoms with Crippen LogP contribution in [0.4, 0.5) is 20.3 Å². The number of halogens is 2. The van der Waals surface area contributed by atoms with Crippen LogP contribution in [0.25, 0.3) is 11.2 Å². The molecule has 8 nitrogen and oxygen atoms in total. The number of methoxy groups -OCH3 is 1. The number of rotatable bonds is 5. The third-order valence-electron chi connectivity index (χ3n) is 5.75. The number of pyridine rings is 1. The summed E-state index contributed by atoms with van der Waals surface area (Å²) in [6.07, 6.45) is 3.52. The summed E-state index contributed by atoms with van der Waals surface area (Å²) >= 11 is 0. The van der Waals surface area contributed by atoms with Crippen molar-refractivity contribution in [1.82, 2.24) is 24.7 Å². The average molecular weight is 401 g/mol. The highest BCUT2D eigenvalue weighted by Gasteiger charge is 2.48. The molecule has 29 heavy (non-hydrogen) atoms. The largest absolute Gasteiger partial charge is 0.481 e. The van der Waals surface area contributed by atoms with Gasteiger partial charge in [-0.05, 0) is 12.5 Å². The lowest BCUT2D eigenvalue weighted by Gasteiger charge is -2.49. The van der Waals surface area contributed by atoms with E-state index in [0.29, 0.717) is 17.0 Å². The summed E-state index contributed by atoms with van der Waals surface area (Å²) in [5.74, 6) is 1.33. The van der Waals surface area contributed by atoms with Crippen LogP contribution >= 0.6 is 0 Å². The Morgan fingerprint density at radius 1 is 1.17 bits per heavy atom. The van der Waals surface area contributed by atoms with Gasteiger partial charge in [0.15, 0.2) is 5.65 Å². The standard InChI is InChI=1S/C19H21F2N7O/c1-29-17-6-13(2-4-22-17)27-11-19(12-27)3-5-26(10-19)16-8-23-14-7-24-28(9-15(20)21)18(14)25-16/h2,4,6-8,15H,3,5,9-12H2,1H3. The van der Waals surface area contributed by atoms with Crippen molar-refractivity contribution >= 4 is 22.7 Å². The molecule has 2 aliphatic rings. The molecule has 1 spiro atoms. The van der Waals surface area contributed by atoms with E-state index in [1.54, 1.807) is 19.5 Å². The zero-order valence-electron chi connectivity index (χ0n) is 16.0. The third-order valence-corrected chi connectivity index (χ3v) is 5.75. The highest BCUT2D eigenvalue weighted by atomic mass is 19.3. The monoisotopic (exact) mass is 401 g/mol. The molecule has 0 radical (unpaired) electrons. The van der Waals surface area contributed by atoms with Crippen molar-refractivity contribution in [3.05, 3.63) is 30.7 Å². The lowest BCUT2D eigenvalue weighted by atomic mass is 9.79. The molecule has 2 saturated heterocycles. The van der Waals surface area contributed by atoms with Crippen LogP contribution in [0.2, 0.25) is 0 Å². The van der Waals surface area contributed by atoms with E-state index in [4.69, 9.17) is 4.74 Å². The molecular weight excluding hydrogens is 380 g/mol. The van der Waals surface area contributed by atoms with E-state index in [2.05, 4.69) is 29.9 Å². The number of aromatic nitrogens is 5. The molecule has 5 heterocycles. The minimum absolute atomic E-state index is 0.205. The molecule has 0 unspecified atom stereocenters. The van der Waals surface area contributed by atoms with Gasteiger partial charge in [-0.25, -0.2) is 28.4 Å². The number of alkyl halides is 2. The van der Waals surface area contributed by atoms with Crippen molar-refractivity contribution in [2.45, 2.75) is 19.4 Å². The second-order valence-corrected chi connectivity index (χ2v) is 7.74. The summed E-state index contributed by atoms with van der Waals surface area (Å²) in [5.41, 5.74) is 2.25. The molecule has 0 aliphatic carbocycles. The maximum Gasteiger partial charge on any atom is 0.258 e. The molecule has 0 saturated carbocycles. The van der Waals surface area contributed by atoms with Crippen molar-refractivity contribution in [3.8, 4) is 5.88 Å². The number of ether oxygens (including phenoxy) is 1. The third kappa shape index (κ3) is 3.22. The van der Waals surface area contributed by atoms with Crippen molar-refractivity contribution < 1.29 is 13.5 Å². The Labute approximate surface area is 166 Å². The van der Waals surface area contributed by atoms with E-state index in [9.17, 15) is 8.78 Å². The molecule has 0 bridgehead atoms. The molecule has 0 amide bonds. The average Bonchev–Trinajstić information content (AvgIpc) is 3.31. The number of anilines is 2. The summed E-state index contributed by atoms with van der Waals surface area (Å²) in [6.45, 7) is 3.17. The molecule has 2 aliphatic heterocycles. The highest BCUT2D eigenvalue weighted by Crippen LogP contribution is 2.43. The number of hydrogen-bond acceptors (Lipinski definition) is 7. The molecule has 5 rings (SSSR count). The fourth-order valence-electron chi connectivity index (χ4n) is 4.30. The van der Waals surface area contributed by atoms with E-state index >= 15 is 0 Å². The normalized spacial score (nSPS) is 18.1. The van der Waals surface area contributed by atoms with Gasteiger partial charge < -0.3 is 14.5 Å². The molecule has 0 N–H and O–H groups in total. The second kappa shape index (κ2) is 6.78. The van der Waals surface area contributed by atoms with Crippen molar-refractivity contribution in [1.29, 1.82) is 0 Å². The van der Waals surface area contributed by atoms with Crippen LogP contribution in [0.15, 0.2) is 30.7 Å². The lowest BCUT2D eigenvalue weighted by Crippen LogP contribution is -2.57. The smallest absolute Gasteiger partial charge is 0.258 e. The van der Waals surface area contributed by atoms with Crippen LogP contribution < -0.4 is 14.5 Å². The van der Waals surface area contributed by atoms with Crippen LogP contribution in [-0.2, 0) is 6.54 Å². The van der Waals surface area contributed by atoms with Crippen molar-refractivity contribution in [2.75, 3.05) is 43.1 Å². The molecular formula is C19H21F2N7O. The second-order valence-electron chi connectivity index (χ2n) is 7.74. The molecule has 10 heteroatoms. The molecule has 3 aromatic heterocycles. The zero-order chi connectivity index (χ0) is 20.0. The Morgan fingerprint density at radius 2 is 2.00 bits per heavy atom. The van der Waals surface area contributed by atoms with Gasteiger partial charge in [0.1, 0.15) is 17.9 Å². The fraction of sp³-hybridized carbons (Fsp3) is 0.474. The van der Waals surface area contributed by atoms with Gasteiger partial charge in [-0.2, -0.15) is 5.10 Å². The van der Waals surface area contributed by atoms with E-state index in [-0.39, 0.29) is 5.41 Å². The first-order valence-electron chi connectivity index (χ1n) is 9.52. The first-order valence-corrected chi connectivity index (χ1v) is 9.52. The van der Waals surface area contributed by atoms with Crippen LogP contribution in [-0.4, -0.2) is 64.4 Å². The van der Waals surface area contributed by atoms with Crippen LogP contribution in [0.5, 0.6) is 5.88 Å². The van der Waals surface area contributed by atoms with Gasteiger partial charge in [-0.1, -0.05) is 0 Å². The van der Waals surface area contributed by atoms with Crippen LogP contribution in [0.1, 0.15) is 6.42 Å². The maximum atomic E-state index is 12.8. The van der Waals surface area contributed by atoms with Gasteiger partial charge in [0.25, 0.3) is 6.43 Å². The maximum absolute atomic E-state index is 12.8. The van der Waals surface area contributed by atoms with Crippen LogP contribution in [0.3, 0.4) is 0 Å². The Bertz CT molecular complexity index is 1030. The quantitative estimate of drug-likeness (QED) is 0.649. The van der Waals surface area contributed by atoms with Gasteiger partial charge in [-0.15, -0.1) is 0 Å². The van der Waals surface area contributed by atoms with Gasteiger partial charge in [-0.3, -0.25) is 0 Å². The zero-order valence-corrected chi connectivity index (χ0v) is 16.0. The summed E-state index contributed by atoms with van der Waals surface area (Å²) in [6, 6.07) is 3.94. The minimum atomic E-state index is -2.48. The topological polar surface area (TPSA) is 72.2 Å². The molecule has 0 atom stereocenters. The van der Waals surface area contributed by atoms with Crippen molar-refractivity contribution in [3.63, 3.8) is 0 Å². The van der Waals surface area contributed by atoms with Gasteiger partial charge in [0.05, 0.1) is 19.5 Å². The van der Waals surface area contributed by atoms with Gasteiger partial charge in [0.2, 0.25) is 5.88 Å². The number of fused-ring (bicyclic) bond motifs is 1. The Hall–Kier alpha value is -3.04. The van der Waals surface area contributed by atoms with Gasteiger partial charge >= 0.3 is 0 Å². The SMILES string of the molecule is COc1cc(N2CC3(CCN(c4cnc5cnn(CC(F)F)c5n4)C3)C2)ccn1. The molecule has 152 valence electrons. The number of nitrogens with zero attached hydrogens (tertiary/aromatic N) is 7. The van der Waals surface area contributed by atoms with E-state index in [0.717, 1.165) is 44.1 Å². The lowest BCUT2D eigenvalue weighted by molar-refractivity contribution is 0.123. The summed E-state index contributed by atoms with van der Waals surface area (Å²) in [5, 5.41) is 3.99. The highest BCUT2D eigenvalue weighted by molar-refractivity contribution is 5.71. The molecule has 0 aromatic carbocycles. The summed E-state index contributed by atoms with van der Waals surface area (Å²) < 4.78 is 32.0. The van der Waals surface area contributed by atoms with Crippen LogP contribution in [0, 0.1) is 5.41 Å².